The number of benzene rings is 1. The lowest BCUT2D eigenvalue weighted by Gasteiger charge is -2.31. The molecule has 0 spiro atoms. The number of amides is 1. The van der Waals surface area contributed by atoms with Crippen molar-refractivity contribution < 1.29 is 17.6 Å². The number of aromatic nitrogens is 2. The second-order valence-corrected chi connectivity index (χ2v) is 9.43. The summed E-state index contributed by atoms with van der Waals surface area (Å²) in [5.41, 5.74) is 0.576. The topological polar surface area (TPSA) is 99.8 Å². The SMILES string of the molecule is CN1CCN(C(=O)c2nnc(-c3ccc(S(=O)(=O)N4CCCCC4)cc3)o2)CC1. The lowest BCUT2D eigenvalue weighted by molar-refractivity contribution is 0.0625. The number of piperazine rings is 1. The van der Waals surface area contributed by atoms with Crippen molar-refractivity contribution in [3.8, 4) is 11.5 Å². The Kier molecular flexibility index (Phi) is 5.66. The van der Waals surface area contributed by atoms with Crippen LogP contribution in [-0.2, 0) is 10.0 Å². The van der Waals surface area contributed by atoms with Gasteiger partial charge in [0.25, 0.3) is 0 Å². The average molecular weight is 420 g/mol. The lowest BCUT2D eigenvalue weighted by atomic mass is 10.2. The van der Waals surface area contributed by atoms with Crippen LogP contribution in [0.15, 0.2) is 33.6 Å². The van der Waals surface area contributed by atoms with Crippen LogP contribution in [-0.4, -0.2) is 84.9 Å². The summed E-state index contributed by atoms with van der Waals surface area (Å²) in [5, 5.41) is 7.85. The summed E-state index contributed by atoms with van der Waals surface area (Å²) < 4.78 is 32.6. The van der Waals surface area contributed by atoms with Crippen molar-refractivity contribution >= 4 is 15.9 Å². The highest BCUT2D eigenvalue weighted by Crippen LogP contribution is 2.24. The molecule has 1 aromatic carbocycles. The third-order valence-corrected chi connectivity index (χ3v) is 7.37. The highest BCUT2D eigenvalue weighted by atomic mass is 32.2. The lowest BCUT2D eigenvalue weighted by Crippen LogP contribution is -2.47. The van der Waals surface area contributed by atoms with Crippen molar-refractivity contribution in [1.82, 2.24) is 24.3 Å². The summed E-state index contributed by atoms with van der Waals surface area (Å²) in [7, 11) is -1.47. The third kappa shape index (κ3) is 4.19. The predicted molar refractivity (Wildman–Crippen MR) is 106 cm³/mol. The monoisotopic (exact) mass is 419 g/mol. The van der Waals surface area contributed by atoms with E-state index >= 15 is 0 Å². The maximum Gasteiger partial charge on any atom is 0.311 e. The molecule has 3 heterocycles. The highest BCUT2D eigenvalue weighted by Gasteiger charge is 2.27. The van der Waals surface area contributed by atoms with Crippen LogP contribution >= 0.6 is 0 Å². The van der Waals surface area contributed by atoms with E-state index < -0.39 is 10.0 Å². The zero-order valence-corrected chi connectivity index (χ0v) is 17.3. The average Bonchev–Trinajstić information content (AvgIpc) is 3.25. The molecule has 0 aliphatic carbocycles. The fourth-order valence-electron chi connectivity index (χ4n) is 3.59. The van der Waals surface area contributed by atoms with E-state index in [2.05, 4.69) is 15.1 Å². The molecule has 4 rings (SSSR count). The molecule has 9 nitrogen and oxygen atoms in total. The molecule has 0 bridgehead atoms. The maximum absolute atomic E-state index is 12.7. The molecule has 0 saturated carbocycles. The Labute approximate surface area is 170 Å². The summed E-state index contributed by atoms with van der Waals surface area (Å²) in [6.45, 7) is 3.97. The first-order chi connectivity index (χ1) is 13.9. The molecular formula is C19H25N5O4S. The van der Waals surface area contributed by atoms with E-state index in [1.54, 1.807) is 29.2 Å². The van der Waals surface area contributed by atoms with Gasteiger partial charge in [0.2, 0.25) is 15.9 Å². The molecule has 2 aliphatic rings. The largest absolute Gasteiger partial charge is 0.412 e. The minimum atomic E-state index is -3.49. The van der Waals surface area contributed by atoms with Gasteiger partial charge in [0.1, 0.15) is 0 Å². The molecule has 29 heavy (non-hydrogen) atoms. The van der Waals surface area contributed by atoms with E-state index in [9.17, 15) is 13.2 Å². The van der Waals surface area contributed by atoms with Crippen molar-refractivity contribution in [1.29, 1.82) is 0 Å². The summed E-state index contributed by atoms with van der Waals surface area (Å²) >= 11 is 0. The van der Waals surface area contributed by atoms with Gasteiger partial charge in [-0.25, -0.2) is 8.42 Å². The summed E-state index contributed by atoms with van der Waals surface area (Å²) in [4.78, 5) is 16.6. The van der Waals surface area contributed by atoms with Gasteiger partial charge >= 0.3 is 11.8 Å². The van der Waals surface area contributed by atoms with Crippen LogP contribution in [0.4, 0.5) is 0 Å². The number of rotatable bonds is 4. The number of sulfonamides is 1. The molecule has 1 amide bonds. The first-order valence-corrected chi connectivity index (χ1v) is 11.3. The van der Waals surface area contributed by atoms with Gasteiger partial charge < -0.3 is 14.2 Å². The molecule has 156 valence electrons. The number of nitrogens with zero attached hydrogens (tertiary/aromatic N) is 5. The van der Waals surface area contributed by atoms with Crippen LogP contribution in [0, 0.1) is 0 Å². The van der Waals surface area contributed by atoms with Gasteiger partial charge in [-0.3, -0.25) is 4.79 Å². The molecule has 1 aromatic heterocycles. The minimum absolute atomic E-state index is 0.0467. The van der Waals surface area contributed by atoms with Crippen LogP contribution in [0.1, 0.15) is 29.9 Å². The van der Waals surface area contributed by atoms with Crippen LogP contribution in [0.5, 0.6) is 0 Å². The Morgan fingerprint density at radius 3 is 2.24 bits per heavy atom. The van der Waals surface area contributed by atoms with Gasteiger partial charge in [0.05, 0.1) is 4.90 Å². The van der Waals surface area contributed by atoms with Gasteiger partial charge in [-0.15, -0.1) is 10.2 Å². The first kappa shape index (κ1) is 20.0. The second kappa shape index (κ2) is 8.21. The quantitative estimate of drug-likeness (QED) is 0.736. The number of carbonyl (C=O) groups is 1. The van der Waals surface area contributed by atoms with E-state index in [4.69, 9.17) is 4.42 Å². The van der Waals surface area contributed by atoms with Gasteiger partial charge in [-0.05, 0) is 44.2 Å². The zero-order valence-electron chi connectivity index (χ0n) is 16.5. The molecule has 0 N–H and O–H groups in total. The molecular weight excluding hydrogens is 394 g/mol. The van der Waals surface area contributed by atoms with Crippen molar-refractivity contribution in [3.05, 3.63) is 30.2 Å². The number of piperidine rings is 1. The number of carbonyl (C=O) groups excluding carboxylic acids is 1. The summed E-state index contributed by atoms with van der Waals surface area (Å²) in [6, 6.07) is 6.36. The van der Waals surface area contributed by atoms with E-state index in [1.165, 1.54) is 4.31 Å². The Hall–Kier alpha value is -2.30. The number of hydrogen-bond acceptors (Lipinski definition) is 7. The molecule has 0 atom stereocenters. The fourth-order valence-corrected chi connectivity index (χ4v) is 5.11. The molecule has 2 aromatic rings. The van der Waals surface area contributed by atoms with Gasteiger partial charge in [0, 0.05) is 44.8 Å². The Balaban J connectivity index is 1.48. The van der Waals surface area contributed by atoms with Crippen molar-refractivity contribution in [2.45, 2.75) is 24.2 Å². The highest BCUT2D eigenvalue weighted by molar-refractivity contribution is 7.89. The molecule has 2 aliphatic heterocycles. The van der Waals surface area contributed by atoms with Gasteiger partial charge in [-0.1, -0.05) is 6.42 Å². The van der Waals surface area contributed by atoms with Crippen molar-refractivity contribution in [3.63, 3.8) is 0 Å². The minimum Gasteiger partial charge on any atom is -0.412 e. The van der Waals surface area contributed by atoms with Crippen LogP contribution in [0.25, 0.3) is 11.5 Å². The molecule has 0 unspecified atom stereocenters. The molecule has 2 fully saturated rings. The van der Waals surface area contributed by atoms with E-state index in [0.717, 1.165) is 32.4 Å². The molecule has 2 saturated heterocycles. The number of likely N-dealkylation sites (N-methyl/N-ethyl adjacent to an activating group) is 1. The van der Waals surface area contributed by atoms with Crippen molar-refractivity contribution in [2.24, 2.45) is 0 Å². The smallest absolute Gasteiger partial charge is 0.311 e. The van der Waals surface area contributed by atoms with E-state index in [0.29, 0.717) is 31.7 Å². The normalized spacial score (nSPS) is 19.4. The fraction of sp³-hybridized carbons (Fsp3) is 0.526. The summed E-state index contributed by atoms with van der Waals surface area (Å²) in [6.07, 6.45) is 2.85. The van der Waals surface area contributed by atoms with E-state index in [-0.39, 0.29) is 22.6 Å². The summed E-state index contributed by atoms with van der Waals surface area (Å²) in [5.74, 6) is -0.125. The standard InChI is InChI=1S/C19H25N5O4S/c1-22-11-13-23(14-12-22)19(25)18-21-20-17(28-18)15-5-7-16(8-6-15)29(26,27)24-9-3-2-4-10-24/h5-8H,2-4,9-14H2,1H3. The van der Waals surface area contributed by atoms with Crippen molar-refractivity contribution in [2.75, 3.05) is 46.3 Å². The predicted octanol–water partition coefficient (Wildman–Crippen LogP) is 1.30. The second-order valence-electron chi connectivity index (χ2n) is 7.50. The molecule has 0 radical (unpaired) electrons. The Bertz CT molecular complexity index is 959. The zero-order chi connectivity index (χ0) is 20.4. The van der Waals surface area contributed by atoms with Crippen LogP contribution in [0.2, 0.25) is 0 Å². The van der Waals surface area contributed by atoms with Crippen LogP contribution < -0.4 is 0 Å². The number of hydrogen-bond donors (Lipinski definition) is 0. The van der Waals surface area contributed by atoms with Crippen LogP contribution in [0.3, 0.4) is 0 Å². The Morgan fingerprint density at radius 2 is 1.59 bits per heavy atom. The third-order valence-electron chi connectivity index (χ3n) is 5.45. The maximum atomic E-state index is 12.7. The molecule has 10 heteroatoms. The van der Waals surface area contributed by atoms with E-state index in [1.807, 2.05) is 7.05 Å². The van der Waals surface area contributed by atoms with Gasteiger partial charge in [0.15, 0.2) is 0 Å². The first-order valence-electron chi connectivity index (χ1n) is 9.87. The Morgan fingerprint density at radius 1 is 0.931 bits per heavy atom. The van der Waals surface area contributed by atoms with Gasteiger partial charge in [-0.2, -0.15) is 4.31 Å².